The van der Waals surface area contributed by atoms with Crippen molar-refractivity contribution in [3.05, 3.63) is 71.1 Å². The molecule has 180 valence electrons. The first-order valence-electron chi connectivity index (χ1n) is 11.9. The summed E-state index contributed by atoms with van der Waals surface area (Å²) in [6, 6.07) is 8.94. The molecule has 1 aromatic heterocycles. The third-order valence-electron chi connectivity index (χ3n) is 6.17. The Kier molecular flexibility index (Phi) is 6.91. The maximum Gasteiger partial charge on any atom is 0.322 e. The summed E-state index contributed by atoms with van der Waals surface area (Å²) in [7, 11) is 0. The number of anilines is 1. The molecule has 34 heavy (non-hydrogen) atoms. The lowest BCUT2D eigenvalue weighted by Crippen LogP contribution is -2.36. The van der Waals surface area contributed by atoms with Gasteiger partial charge in [-0.3, -0.25) is 0 Å². The quantitative estimate of drug-likeness (QED) is 0.423. The van der Waals surface area contributed by atoms with Crippen LogP contribution < -0.4 is 10.1 Å². The molecule has 1 fully saturated rings. The van der Waals surface area contributed by atoms with E-state index in [1.54, 1.807) is 29.2 Å². The van der Waals surface area contributed by atoms with E-state index in [4.69, 9.17) is 4.74 Å². The van der Waals surface area contributed by atoms with E-state index >= 15 is 0 Å². The van der Waals surface area contributed by atoms with Gasteiger partial charge >= 0.3 is 6.03 Å². The molecule has 0 bridgehead atoms. The number of nitrogens with zero attached hydrogens (tertiary/aromatic N) is 3. The highest BCUT2D eigenvalue weighted by atomic mass is 19.1. The monoisotopic (exact) mass is 464 g/mol. The molecule has 1 N–H and O–H groups in total. The molecule has 0 spiro atoms. The molecule has 4 rings (SSSR count). The highest BCUT2D eigenvalue weighted by Gasteiger charge is 2.33. The van der Waals surface area contributed by atoms with Crippen molar-refractivity contribution in [2.45, 2.75) is 66.0 Å². The minimum absolute atomic E-state index is 0.200. The fraction of sp³-hybridized carbons (Fsp3) is 0.407. The van der Waals surface area contributed by atoms with Crippen LogP contribution in [0.25, 0.3) is 5.69 Å². The number of rotatable bonds is 8. The molecule has 1 aliphatic carbocycles. The summed E-state index contributed by atoms with van der Waals surface area (Å²) < 4.78 is 22.2. The lowest BCUT2D eigenvalue weighted by molar-refractivity contribution is 0.206. The van der Waals surface area contributed by atoms with Gasteiger partial charge in [-0.1, -0.05) is 13.8 Å². The SMILES string of the molecule is CCOc1cc(C)c(CN(C(=O)Nc2ccc(-n3cnc(C)c3)c(F)c2)C2CC2)cc1C(C)C. The Bertz CT molecular complexity index is 1180. The second kappa shape index (κ2) is 9.87. The molecule has 3 aromatic rings. The van der Waals surface area contributed by atoms with Gasteiger partial charge in [0.25, 0.3) is 0 Å². The molecule has 7 heteroatoms. The van der Waals surface area contributed by atoms with Gasteiger partial charge in [0, 0.05) is 24.5 Å². The van der Waals surface area contributed by atoms with E-state index in [9.17, 15) is 9.18 Å². The zero-order valence-electron chi connectivity index (χ0n) is 20.6. The minimum Gasteiger partial charge on any atom is -0.494 e. The number of hydrogen-bond donors (Lipinski definition) is 1. The number of nitrogens with one attached hydrogen (secondary N) is 1. The molecule has 1 heterocycles. The van der Waals surface area contributed by atoms with Crippen LogP contribution in [0.2, 0.25) is 0 Å². The first kappa shape index (κ1) is 23.8. The van der Waals surface area contributed by atoms with Crippen LogP contribution >= 0.6 is 0 Å². The number of carbonyl (C=O) groups excluding carboxylic acids is 1. The van der Waals surface area contributed by atoms with Crippen LogP contribution in [-0.4, -0.2) is 33.1 Å². The second-order valence-corrected chi connectivity index (χ2v) is 9.28. The Hall–Kier alpha value is -3.35. The van der Waals surface area contributed by atoms with Crippen molar-refractivity contribution in [3.8, 4) is 11.4 Å². The summed E-state index contributed by atoms with van der Waals surface area (Å²) in [6.07, 6.45) is 5.29. The van der Waals surface area contributed by atoms with Gasteiger partial charge in [-0.25, -0.2) is 14.2 Å². The van der Waals surface area contributed by atoms with Gasteiger partial charge in [0.2, 0.25) is 0 Å². The summed E-state index contributed by atoms with van der Waals surface area (Å²) in [6.45, 7) is 11.3. The largest absolute Gasteiger partial charge is 0.494 e. The molecule has 0 unspecified atom stereocenters. The highest BCUT2D eigenvalue weighted by molar-refractivity contribution is 5.90. The molecule has 0 atom stereocenters. The van der Waals surface area contributed by atoms with Crippen LogP contribution in [0, 0.1) is 19.7 Å². The number of benzene rings is 2. The Morgan fingerprint density at radius 1 is 1.26 bits per heavy atom. The summed E-state index contributed by atoms with van der Waals surface area (Å²) >= 11 is 0. The average molecular weight is 465 g/mol. The number of amides is 2. The average Bonchev–Trinajstić information content (AvgIpc) is 3.53. The number of carbonyl (C=O) groups is 1. The summed E-state index contributed by atoms with van der Waals surface area (Å²) in [5.41, 5.74) is 4.97. The third-order valence-corrected chi connectivity index (χ3v) is 6.17. The Morgan fingerprint density at radius 3 is 2.62 bits per heavy atom. The van der Waals surface area contributed by atoms with Crippen molar-refractivity contribution < 1.29 is 13.9 Å². The first-order chi connectivity index (χ1) is 16.3. The Morgan fingerprint density at radius 2 is 2.03 bits per heavy atom. The standard InChI is InChI=1S/C27H33FN4O2/c1-6-34-26-11-18(4)20(12-23(26)17(2)3)15-32(22-8-9-22)27(33)30-21-7-10-25(24(28)13-21)31-14-19(5)29-16-31/h7,10-14,16-17,22H,6,8-9,15H2,1-5H3,(H,30,33). The van der Waals surface area contributed by atoms with Crippen LogP contribution in [0.4, 0.5) is 14.9 Å². The van der Waals surface area contributed by atoms with E-state index in [0.29, 0.717) is 30.4 Å². The minimum atomic E-state index is -0.419. The van der Waals surface area contributed by atoms with Crippen molar-refractivity contribution in [1.29, 1.82) is 0 Å². The van der Waals surface area contributed by atoms with Gasteiger partial charge < -0.3 is 19.5 Å². The van der Waals surface area contributed by atoms with Crippen LogP contribution in [-0.2, 0) is 6.54 Å². The van der Waals surface area contributed by atoms with Crippen LogP contribution in [0.3, 0.4) is 0 Å². The van der Waals surface area contributed by atoms with Gasteiger partial charge in [0.05, 0.1) is 24.3 Å². The summed E-state index contributed by atoms with van der Waals surface area (Å²) in [5.74, 6) is 0.798. The van der Waals surface area contributed by atoms with E-state index in [2.05, 4.69) is 43.2 Å². The highest BCUT2D eigenvalue weighted by Crippen LogP contribution is 2.34. The number of urea groups is 1. The van der Waals surface area contributed by atoms with E-state index in [1.807, 2.05) is 18.7 Å². The maximum absolute atomic E-state index is 14.8. The van der Waals surface area contributed by atoms with Crippen molar-refractivity contribution >= 4 is 11.7 Å². The fourth-order valence-corrected chi connectivity index (χ4v) is 4.13. The van der Waals surface area contributed by atoms with Crippen molar-refractivity contribution in [1.82, 2.24) is 14.5 Å². The topological polar surface area (TPSA) is 59.4 Å². The van der Waals surface area contributed by atoms with E-state index in [0.717, 1.165) is 41.0 Å². The third kappa shape index (κ3) is 5.24. The molecule has 0 radical (unpaired) electrons. The van der Waals surface area contributed by atoms with Gasteiger partial charge in [-0.05, 0) is 86.6 Å². The van der Waals surface area contributed by atoms with Crippen LogP contribution in [0.5, 0.6) is 5.75 Å². The lowest BCUT2D eigenvalue weighted by atomic mass is 9.96. The zero-order chi connectivity index (χ0) is 24.4. The summed E-state index contributed by atoms with van der Waals surface area (Å²) in [4.78, 5) is 19.2. The molecule has 0 aliphatic heterocycles. The van der Waals surface area contributed by atoms with E-state index in [-0.39, 0.29) is 12.1 Å². The number of hydrogen-bond acceptors (Lipinski definition) is 3. The van der Waals surface area contributed by atoms with Crippen LogP contribution in [0.15, 0.2) is 42.9 Å². The maximum atomic E-state index is 14.8. The van der Waals surface area contributed by atoms with Gasteiger partial charge in [0.15, 0.2) is 0 Å². The Labute approximate surface area is 200 Å². The molecule has 6 nitrogen and oxygen atoms in total. The van der Waals surface area contributed by atoms with Gasteiger partial charge in [-0.15, -0.1) is 0 Å². The molecule has 2 aromatic carbocycles. The number of imidazole rings is 1. The lowest BCUT2D eigenvalue weighted by Gasteiger charge is -2.25. The normalized spacial score (nSPS) is 13.3. The van der Waals surface area contributed by atoms with Gasteiger partial charge in [0.1, 0.15) is 11.6 Å². The fourth-order valence-electron chi connectivity index (χ4n) is 4.13. The smallest absolute Gasteiger partial charge is 0.322 e. The number of ether oxygens (including phenoxy) is 1. The van der Waals surface area contributed by atoms with E-state index in [1.165, 1.54) is 6.07 Å². The van der Waals surface area contributed by atoms with Crippen molar-refractivity contribution in [2.24, 2.45) is 0 Å². The Balaban J connectivity index is 1.53. The predicted octanol–water partition coefficient (Wildman–Crippen LogP) is 6.35. The number of aryl methyl sites for hydroxylation is 2. The number of aromatic nitrogens is 2. The van der Waals surface area contributed by atoms with Crippen LogP contribution in [0.1, 0.15) is 61.9 Å². The summed E-state index contributed by atoms with van der Waals surface area (Å²) in [5, 5.41) is 2.89. The molecule has 1 aliphatic rings. The first-order valence-corrected chi connectivity index (χ1v) is 11.9. The molecule has 1 saturated carbocycles. The number of halogens is 1. The molecular formula is C27H33FN4O2. The van der Waals surface area contributed by atoms with Crippen molar-refractivity contribution in [2.75, 3.05) is 11.9 Å². The molecular weight excluding hydrogens is 431 g/mol. The predicted molar refractivity (Wildman–Crippen MR) is 132 cm³/mol. The zero-order valence-corrected chi connectivity index (χ0v) is 20.6. The van der Waals surface area contributed by atoms with E-state index < -0.39 is 5.82 Å². The van der Waals surface area contributed by atoms with Gasteiger partial charge in [-0.2, -0.15) is 0 Å². The molecule has 0 saturated heterocycles. The van der Waals surface area contributed by atoms with Crippen molar-refractivity contribution in [3.63, 3.8) is 0 Å². The molecule has 2 amide bonds. The second-order valence-electron chi connectivity index (χ2n) is 9.28.